The second-order valence-corrected chi connectivity index (χ2v) is 4.39. The number of aliphatic carboxylic acids is 1. The van der Waals surface area contributed by atoms with Crippen LogP contribution in [0, 0.1) is 5.95 Å². The molecular weight excluding hydrogens is 275 g/mol. The van der Waals surface area contributed by atoms with E-state index in [1.807, 2.05) is 0 Å². The summed E-state index contributed by atoms with van der Waals surface area (Å²) < 4.78 is 13.4. The highest BCUT2D eigenvalue weighted by Gasteiger charge is 2.12. The van der Waals surface area contributed by atoms with Gasteiger partial charge in [-0.25, -0.2) is 4.98 Å². The first-order chi connectivity index (χ1) is 10.1. The molecular formula is C15H13FN2O3. The van der Waals surface area contributed by atoms with Crippen LogP contribution < -0.4 is 5.32 Å². The molecule has 5 nitrogen and oxygen atoms in total. The van der Waals surface area contributed by atoms with Crippen molar-refractivity contribution in [3.8, 4) is 0 Å². The Morgan fingerprint density at radius 2 is 2.05 bits per heavy atom. The number of aromatic nitrogens is 1. The smallest absolute Gasteiger partial charge is 0.303 e. The van der Waals surface area contributed by atoms with Crippen molar-refractivity contribution in [1.29, 1.82) is 0 Å². The minimum absolute atomic E-state index is 0.00856. The van der Waals surface area contributed by atoms with Crippen LogP contribution in [-0.4, -0.2) is 22.0 Å². The predicted molar refractivity (Wildman–Crippen MR) is 74.5 cm³/mol. The standard InChI is InChI=1S/C15H13FN2O3/c16-14-12(5-2-8-17-14)15(21)18-11-4-1-3-10(9-11)6-7-13(19)20/h1-5,8-9H,6-7H2,(H,18,21)(H,19,20). The molecule has 0 saturated carbocycles. The summed E-state index contributed by atoms with van der Waals surface area (Å²) in [6, 6.07) is 9.59. The number of carboxylic acid groups (broad SMARTS) is 1. The molecule has 1 aromatic carbocycles. The van der Waals surface area contributed by atoms with Gasteiger partial charge in [0.05, 0.1) is 5.56 Å². The summed E-state index contributed by atoms with van der Waals surface area (Å²) in [5.74, 6) is -2.32. The van der Waals surface area contributed by atoms with E-state index in [1.54, 1.807) is 24.3 Å². The van der Waals surface area contributed by atoms with Crippen LogP contribution in [0.1, 0.15) is 22.3 Å². The number of carbonyl (C=O) groups excluding carboxylic acids is 1. The molecule has 1 heterocycles. The number of carboxylic acids is 1. The molecule has 2 rings (SSSR count). The molecule has 6 heteroatoms. The molecule has 0 radical (unpaired) electrons. The minimum atomic E-state index is -0.887. The van der Waals surface area contributed by atoms with E-state index in [9.17, 15) is 14.0 Å². The third-order valence-electron chi connectivity index (χ3n) is 2.82. The molecule has 0 saturated heterocycles. The lowest BCUT2D eigenvalue weighted by atomic mass is 10.1. The van der Waals surface area contributed by atoms with Crippen molar-refractivity contribution in [2.24, 2.45) is 0 Å². The Balaban J connectivity index is 2.09. The number of nitrogens with one attached hydrogen (secondary N) is 1. The number of hydrogen-bond donors (Lipinski definition) is 2. The summed E-state index contributed by atoms with van der Waals surface area (Å²) in [4.78, 5) is 25.9. The van der Waals surface area contributed by atoms with Crippen LogP contribution in [0.3, 0.4) is 0 Å². The lowest BCUT2D eigenvalue weighted by Crippen LogP contribution is -2.14. The second kappa shape index (κ2) is 6.60. The van der Waals surface area contributed by atoms with Crippen molar-refractivity contribution >= 4 is 17.6 Å². The molecule has 21 heavy (non-hydrogen) atoms. The predicted octanol–water partition coefficient (Wildman–Crippen LogP) is 2.49. The number of amides is 1. The van der Waals surface area contributed by atoms with Gasteiger partial charge in [0.1, 0.15) is 0 Å². The molecule has 0 aliphatic carbocycles. The van der Waals surface area contributed by atoms with Crippen molar-refractivity contribution in [2.45, 2.75) is 12.8 Å². The van der Waals surface area contributed by atoms with E-state index >= 15 is 0 Å². The molecule has 108 valence electrons. The quantitative estimate of drug-likeness (QED) is 0.828. The first kappa shape index (κ1) is 14.6. The summed E-state index contributed by atoms with van der Waals surface area (Å²) >= 11 is 0. The van der Waals surface area contributed by atoms with Gasteiger partial charge < -0.3 is 10.4 Å². The normalized spacial score (nSPS) is 10.1. The van der Waals surface area contributed by atoms with Crippen LogP contribution >= 0.6 is 0 Å². The number of anilines is 1. The SMILES string of the molecule is O=C(O)CCc1cccc(NC(=O)c2cccnc2F)c1. The van der Waals surface area contributed by atoms with E-state index in [1.165, 1.54) is 18.3 Å². The maximum absolute atomic E-state index is 13.4. The van der Waals surface area contributed by atoms with Crippen LogP contribution in [-0.2, 0) is 11.2 Å². The van der Waals surface area contributed by atoms with E-state index in [2.05, 4.69) is 10.3 Å². The number of pyridine rings is 1. The molecule has 0 unspecified atom stereocenters. The van der Waals surface area contributed by atoms with E-state index in [0.717, 1.165) is 5.56 Å². The summed E-state index contributed by atoms with van der Waals surface area (Å²) in [5.41, 5.74) is 1.11. The van der Waals surface area contributed by atoms with Crippen molar-refractivity contribution in [3.05, 3.63) is 59.7 Å². The first-order valence-corrected chi connectivity index (χ1v) is 6.29. The Morgan fingerprint density at radius 3 is 2.76 bits per heavy atom. The number of aryl methyl sites for hydroxylation is 1. The zero-order valence-electron chi connectivity index (χ0n) is 11.0. The maximum atomic E-state index is 13.4. The van der Waals surface area contributed by atoms with Crippen LogP contribution in [0.15, 0.2) is 42.6 Å². The largest absolute Gasteiger partial charge is 0.481 e. The number of nitrogens with zero attached hydrogens (tertiary/aromatic N) is 1. The van der Waals surface area contributed by atoms with Crippen LogP contribution in [0.5, 0.6) is 0 Å². The van der Waals surface area contributed by atoms with Gasteiger partial charge in [-0.3, -0.25) is 9.59 Å². The number of benzene rings is 1. The van der Waals surface area contributed by atoms with Gasteiger partial charge in [0, 0.05) is 18.3 Å². The molecule has 0 aliphatic heterocycles. The van der Waals surface area contributed by atoms with Gasteiger partial charge in [-0.05, 0) is 36.2 Å². The van der Waals surface area contributed by atoms with Crippen molar-refractivity contribution in [2.75, 3.05) is 5.32 Å². The van der Waals surface area contributed by atoms with E-state index in [0.29, 0.717) is 12.1 Å². The second-order valence-electron chi connectivity index (χ2n) is 4.39. The minimum Gasteiger partial charge on any atom is -0.481 e. The average molecular weight is 288 g/mol. The number of carbonyl (C=O) groups is 2. The molecule has 0 atom stereocenters. The van der Waals surface area contributed by atoms with Crippen LogP contribution in [0.25, 0.3) is 0 Å². The monoisotopic (exact) mass is 288 g/mol. The van der Waals surface area contributed by atoms with Gasteiger partial charge in [-0.15, -0.1) is 0 Å². The molecule has 0 spiro atoms. The van der Waals surface area contributed by atoms with Gasteiger partial charge >= 0.3 is 5.97 Å². The Bertz CT molecular complexity index is 673. The Labute approximate surface area is 120 Å². The summed E-state index contributed by atoms with van der Waals surface area (Å²) in [5, 5.41) is 11.2. The van der Waals surface area contributed by atoms with E-state index in [4.69, 9.17) is 5.11 Å². The first-order valence-electron chi connectivity index (χ1n) is 6.29. The molecule has 2 aromatic rings. The van der Waals surface area contributed by atoms with Crippen molar-refractivity contribution < 1.29 is 19.1 Å². The highest BCUT2D eigenvalue weighted by atomic mass is 19.1. The summed E-state index contributed by atoms with van der Waals surface area (Å²) in [6.45, 7) is 0. The van der Waals surface area contributed by atoms with Gasteiger partial charge in [0.2, 0.25) is 5.95 Å². The van der Waals surface area contributed by atoms with Crippen molar-refractivity contribution in [1.82, 2.24) is 4.98 Å². The van der Waals surface area contributed by atoms with E-state index < -0.39 is 17.8 Å². The van der Waals surface area contributed by atoms with Gasteiger partial charge in [-0.1, -0.05) is 12.1 Å². The van der Waals surface area contributed by atoms with Gasteiger partial charge in [0.25, 0.3) is 5.91 Å². The number of hydrogen-bond acceptors (Lipinski definition) is 3. The third kappa shape index (κ3) is 4.10. The zero-order chi connectivity index (χ0) is 15.2. The lowest BCUT2D eigenvalue weighted by Gasteiger charge is -2.07. The van der Waals surface area contributed by atoms with Crippen molar-refractivity contribution in [3.63, 3.8) is 0 Å². The molecule has 0 aliphatic rings. The third-order valence-corrected chi connectivity index (χ3v) is 2.82. The average Bonchev–Trinajstić information content (AvgIpc) is 2.46. The number of rotatable bonds is 5. The van der Waals surface area contributed by atoms with Crippen LogP contribution in [0.2, 0.25) is 0 Å². The molecule has 1 amide bonds. The molecule has 2 N–H and O–H groups in total. The summed E-state index contributed by atoms with van der Waals surface area (Å²) in [6.07, 6.45) is 1.63. The molecule has 0 bridgehead atoms. The number of halogens is 1. The Kier molecular flexibility index (Phi) is 4.61. The maximum Gasteiger partial charge on any atom is 0.303 e. The Morgan fingerprint density at radius 1 is 1.24 bits per heavy atom. The van der Waals surface area contributed by atoms with Gasteiger partial charge in [0.15, 0.2) is 0 Å². The zero-order valence-corrected chi connectivity index (χ0v) is 11.0. The topological polar surface area (TPSA) is 79.3 Å². The fraction of sp³-hybridized carbons (Fsp3) is 0.133. The van der Waals surface area contributed by atoms with E-state index in [-0.39, 0.29) is 12.0 Å². The highest BCUT2D eigenvalue weighted by molar-refractivity contribution is 6.04. The summed E-state index contributed by atoms with van der Waals surface area (Å²) in [7, 11) is 0. The lowest BCUT2D eigenvalue weighted by molar-refractivity contribution is -0.136. The fourth-order valence-corrected chi connectivity index (χ4v) is 1.81. The molecule has 1 aromatic heterocycles. The fourth-order valence-electron chi connectivity index (χ4n) is 1.81. The van der Waals surface area contributed by atoms with Crippen LogP contribution in [0.4, 0.5) is 10.1 Å². The van der Waals surface area contributed by atoms with Gasteiger partial charge in [-0.2, -0.15) is 4.39 Å². The molecule has 0 fully saturated rings. The highest BCUT2D eigenvalue weighted by Crippen LogP contribution is 2.14. The Hall–Kier alpha value is -2.76.